The molecule has 0 aromatic rings. The second-order valence-electron chi connectivity index (χ2n) is 3.91. The normalized spacial score (nSPS) is 38.2. The molecular formula is C10H18O2. The minimum atomic E-state index is 0.576. The number of hydrogen-bond acceptors (Lipinski definition) is 2. The average Bonchev–Trinajstić information content (AvgIpc) is 2.76. The fourth-order valence-electron chi connectivity index (χ4n) is 2.01. The molecule has 2 nitrogen and oxygen atoms in total. The molecule has 1 saturated heterocycles. The SMILES string of the molecule is CCCCOC[C@@H]1CC[C@@H]2O[C@H]12. The van der Waals surface area contributed by atoms with Crippen LogP contribution in [0.1, 0.15) is 32.6 Å². The highest BCUT2D eigenvalue weighted by atomic mass is 16.6. The van der Waals surface area contributed by atoms with Crippen molar-refractivity contribution in [2.75, 3.05) is 13.2 Å². The molecule has 0 aromatic carbocycles. The number of hydrogen-bond donors (Lipinski definition) is 0. The van der Waals surface area contributed by atoms with Gasteiger partial charge in [-0.05, 0) is 19.3 Å². The van der Waals surface area contributed by atoms with Crippen LogP contribution in [0.2, 0.25) is 0 Å². The first-order chi connectivity index (χ1) is 5.92. The Morgan fingerprint density at radius 3 is 2.92 bits per heavy atom. The summed E-state index contributed by atoms with van der Waals surface area (Å²) >= 11 is 0. The Hall–Kier alpha value is -0.0800. The molecule has 12 heavy (non-hydrogen) atoms. The highest BCUT2D eigenvalue weighted by molar-refractivity contribution is 4.97. The predicted octanol–water partition coefficient (Wildman–Crippen LogP) is 1.98. The van der Waals surface area contributed by atoms with E-state index in [4.69, 9.17) is 9.47 Å². The summed E-state index contributed by atoms with van der Waals surface area (Å²) in [5.41, 5.74) is 0. The lowest BCUT2D eigenvalue weighted by Crippen LogP contribution is -2.12. The van der Waals surface area contributed by atoms with Crippen LogP contribution in [0.25, 0.3) is 0 Å². The van der Waals surface area contributed by atoms with Gasteiger partial charge in [0.1, 0.15) is 0 Å². The molecule has 0 bridgehead atoms. The van der Waals surface area contributed by atoms with Gasteiger partial charge in [0.05, 0.1) is 18.8 Å². The third-order valence-corrected chi connectivity index (χ3v) is 2.88. The molecule has 70 valence electrons. The van der Waals surface area contributed by atoms with Crippen LogP contribution in [-0.2, 0) is 9.47 Å². The van der Waals surface area contributed by atoms with Crippen molar-refractivity contribution in [1.29, 1.82) is 0 Å². The van der Waals surface area contributed by atoms with Crippen molar-refractivity contribution in [1.82, 2.24) is 0 Å². The average molecular weight is 170 g/mol. The molecular weight excluding hydrogens is 152 g/mol. The number of ether oxygens (including phenoxy) is 2. The Labute approximate surface area is 74.2 Å². The first kappa shape index (κ1) is 8.52. The molecule has 3 atom stereocenters. The molecule has 1 aliphatic heterocycles. The highest BCUT2D eigenvalue weighted by Gasteiger charge is 2.49. The maximum atomic E-state index is 5.58. The largest absolute Gasteiger partial charge is 0.381 e. The van der Waals surface area contributed by atoms with Crippen LogP contribution in [0.3, 0.4) is 0 Å². The van der Waals surface area contributed by atoms with Crippen LogP contribution in [0.5, 0.6) is 0 Å². The molecule has 2 aliphatic rings. The fraction of sp³-hybridized carbons (Fsp3) is 1.00. The standard InChI is InChI=1S/C10H18O2/c1-2-3-6-11-7-8-4-5-9-10(8)12-9/h8-10H,2-7H2,1H3/t8-,9-,10+/m0/s1. The minimum absolute atomic E-state index is 0.576. The van der Waals surface area contributed by atoms with Gasteiger partial charge in [-0.1, -0.05) is 13.3 Å². The van der Waals surface area contributed by atoms with Crippen molar-refractivity contribution in [3.8, 4) is 0 Å². The lowest BCUT2D eigenvalue weighted by molar-refractivity contribution is 0.0810. The van der Waals surface area contributed by atoms with Crippen molar-refractivity contribution < 1.29 is 9.47 Å². The summed E-state index contributed by atoms with van der Waals surface area (Å²) in [6.07, 6.45) is 6.21. The Morgan fingerprint density at radius 2 is 2.33 bits per heavy atom. The zero-order chi connectivity index (χ0) is 8.39. The maximum absolute atomic E-state index is 5.58. The van der Waals surface area contributed by atoms with E-state index in [1.54, 1.807) is 0 Å². The van der Waals surface area contributed by atoms with Gasteiger partial charge in [-0.25, -0.2) is 0 Å². The van der Waals surface area contributed by atoms with E-state index < -0.39 is 0 Å². The van der Waals surface area contributed by atoms with Crippen LogP contribution in [0.4, 0.5) is 0 Å². The van der Waals surface area contributed by atoms with Gasteiger partial charge >= 0.3 is 0 Å². The van der Waals surface area contributed by atoms with Crippen LogP contribution in [-0.4, -0.2) is 25.4 Å². The van der Waals surface area contributed by atoms with E-state index in [0.717, 1.165) is 13.2 Å². The van der Waals surface area contributed by atoms with Crippen LogP contribution >= 0.6 is 0 Å². The monoisotopic (exact) mass is 170 g/mol. The summed E-state index contributed by atoms with van der Waals surface area (Å²) < 4.78 is 11.0. The smallest absolute Gasteiger partial charge is 0.0891 e. The van der Waals surface area contributed by atoms with Crippen molar-refractivity contribution in [2.24, 2.45) is 5.92 Å². The zero-order valence-corrected chi connectivity index (χ0v) is 7.79. The van der Waals surface area contributed by atoms with Gasteiger partial charge in [0, 0.05) is 12.5 Å². The van der Waals surface area contributed by atoms with Gasteiger partial charge in [0.25, 0.3) is 0 Å². The van der Waals surface area contributed by atoms with E-state index >= 15 is 0 Å². The minimum Gasteiger partial charge on any atom is -0.381 e. The van der Waals surface area contributed by atoms with E-state index in [-0.39, 0.29) is 0 Å². The second kappa shape index (κ2) is 3.75. The van der Waals surface area contributed by atoms with Crippen molar-refractivity contribution in [3.63, 3.8) is 0 Å². The number of epoxide rings is 1. The summed E-state index contributed by atoms with van der Waals surface area (Å²) in [5, 5.41) is 0. The predicted molar refractivity (Wildman–Crippen MR) is 47.1 cm³/mol. The molecule has 1 saturated carbocycles. The van der Waals surface area contributed by atoms with Crippen LogP contribution in [0.15, 0.2) is 0 Å². The summed E-state index contributed by atoms with van der Waals surface area (Å²) in [6.45, 7) is 4.06. The summed E-state index contributed by atoms with van der Waals surface area (Å²) in [4.78, 5) is 0. The van der Waals surface area contributed by atoms with E-state index in [0.29, 0.717) is 18.1 Å². The van der Waals surface area contributed by atoms with Gasteiger partial charge in [0.15, 0.2) is 0 Å². The summed E-state index contributed by atoms with van der Waals surface area (Å²) in [7, 11) is 0. The molecule has 0 amide bonds. The van der Waals surface area contributed by atoms with Crippen molar-refractivity contribution in [3.05, 3.63) is 0 Å². The fourth-order valence-corrected chi connectivity index (χ4v) is 2.01. The van der Waals surface area contributed by atoms with Gasteiger partial charge in [-0.15, -0.1) is 0 Å². The Balaban J connectivity index is 1.55. The van der Waals surface area contributed by atoms with Gasteiger partial charge < -0.3 is 9.47 Å². The Bertz CT molecular complexity index is 147. The van der Waals surface area contributed by atoms with Crippen molar-refractivity contribution >= 4 is 0 Å². The van der Waals surface area contributed by atoms with E-state index in [9.17, 15) is 0 Å². The van der Waals surface area contributed by atoms with Gasteiger partial charge in [0.2, 0.25) is 0 Å². The lowest BCUT2D eigenvalue weighted by atomic mass is 10.1. The molecule has 0 unspecified atom stereocenters. The van der Waals surface area contributed by atoms with Crippen LogP contribution < -0.4 is 0 Å². The molecule has 0 aromatic heterocycles. The lowest BCUT2D eigenvalue weighted by Gasteiger charge is -2.10. The van der Waals surface area contributed by atoms with Crippen LogP contribution in [0, 0.1) is 5.92 Å². The molecule has 0 radical (unpaired) electrons. The topological polar surface area (TPSA) is 21.8 Å². The first-order valence-corrected chi connectivity index (χ1v) is 5.15. The maximum Gasteiger partial charge on any atom is 0.0891 e. The van der Waals surface area contributed by atoms with Gasteiger partial charge in [-0.2, -0.15) is 0 Å². The highest BCUT2D eigenvalue weighted by Crippen LogP contribution is 2.42. The van der Waals surface area contributed by atoms with E-state index in [1.165, 1.54) is 25.7 Å². The number of fused-ring (bicyclic) bond motifs is 1. The van der Waals surface area contributed by atoms with Crippen molar-refractivity contribution in [2.45, 2.75) is 44.8 Å². The molecule has 2 rings (SSSR count). The quantitative estimate of drug-likeness (QED) is 0.465. The molecule has 2 fully saturated rings. The third-order valence-electron chi connectivity index (χ3n) is 2.88. The zero-order valence-electron chi connectivity index (χ0n) is 7.79. The summed E-state index contributed by atoms with van der Waals surface area (Å²) in [5.74, 6) is 0.715. The van der Waals surface area contributed by atoms with E-state index in [2.05, 4.69) is 6.92 Å². The molecule has 0 N–H and O–H groups in total. The molecule has 2 heteroatoms. The number of rotatable bonds is 5. The third kappa shape index (κ3) is 1.80. The van der Waals surface area contributed by atoms with E-state index in [1.807, 2.05) is 0 Å². The molecule has 1 aliphatic carbocycles. The summed E-state index contributed by atoms with van der Waals surface area (Å²) in [6, 6.07) is 0. The Morgan fingerprint density at radius 1 is 1.42 bits per heavy atom. The van der Waals surface area contributed by atoms with Gasteiger partial charge in [-0.3, -0.25) is 0 Å². The second-order valence-corrected chi connectivity index (χ2v) is 3.91. The number of unbranched alkanes of at least 4 members (excludes halogenated alkanes) is 1. The molecule has 0 spiro atoms. The Kier molecular flexibility index (Phi) is 2.66. The first-order valence-electron chi connectivity index (χ1n) is 5.15. The molecule has 1 heterocycles.